The van der Waals surface area contributed by atoms with Gasteiger partial charge in [-0.25, -0.2) is 8.51 Å². The van der Waals surface area contributed by atoms with Crippen molar-refractivity contribution in [3.05, 3.63) is 66.6 Å². The van der Waals surface area contributed by atoms with Gasteiger partial charge in [-0.05, 0) is 53.9 Å². The van der Waals surface area contributed by atoms with Crippen molar-refractivity contribution in [1.82, 2.24) is 14.3 Å². The molecule has 1 saturated heterocycles. The molecule has 5 nitrogen and oxygen atoms in total. The van der Waals surface area contributed by atoms with Crippen LogP contribution in [0.25, 0.3) is 22.4 Å². The molecular weight excluding hydrogens is 358 g/mol. The summed E-state index contributed by atoms with van der Waals surface area (Å²) in [7, 11) is -1.18. The largest absolute Gasteiger partial charge is 0.379 e. The summed E-state index contributed by atoms with van der Waals surface area (Å²) in [6.07, 6.45) is 5.34. The van der Waals surface area contributed by atoms with Crippen molar-refractivity contribution >= 4 is 11.0 Å². The average molecular weight is 379 g/mol. The van der Waals surface area contributed by atoms with Crippen molar-refractivity contribution in [3.63, 3.8) is 0 Å². The van der Waals surface area contributed by atoms with E-state index in [1.807, 2.05) is 47.8 Å². The number of hydrogen-bond acceptors (Lipinski definition) is 4. The lowest BCUT2D eigenvalue weighted by atomic mass is 10.0. The summed E-state index contributed by atoms with van der Waals surface area (Å²) >= 11 is 0. The molecule has 0 bridgehead atoms. The first kappa shape index (κ1) is 18.0. The highest BCUT2D eigenvalue weighted by Gasteiger charge is 2.20. The fourth-order valence-electron chi connectivity index (χ4n) is 3.11. The van der Waals surface area contributed by atoms with Crippen LogP contribution in [0.5, 0.6) is 0 Å². The Bertz CT molecular complexity index is 957. The number of nitrogens with zero attached hydrogens (tertiary/aromatic N) is 3. The van der Waals surface area contributed by atoms with Crippen LogP contribution in [0.15, 0.2) is 66.0 Å². The molecule has 1 unspecified atom stereocenters. The maximum atomic E-state index is 13.1. The van der Waals surface area contributed by atoms with Gasteiger partial charge in [0.2, 0.25) is 0 Å². The Morgan fingerprint density at radius 1 is 0.926 bits per heavy atom. The monoisotopic (exact) mass is 379 g/mol. The van der Waals surface area contributed by atoms with Gasteiger partial charge >= 0.3 is 0 Å². The van der Waals surface area contributed by atoms with Gasteiger partial charge in [-0.2, -0.15) is 0 Å². The van der Waals surface area contributed by atoms with Crippen LogP contribution in [0.3, 0.4) is 0 Å². The number of morpholine rings is 1. The smallest absolute Gasteiger partial charge is 0.128 e. The zero-order chi connectivity index (χ0) is 18.6. The van der Waals surface area contributed by atoms with Crippen molar-refractivity contribution in [3.8, 4) is 22.4 Å². The first-order chi connectivity index (χ1) is 13.2. The van der Waals surface area contributed by atoms with Gasteiger partial charge in [-0.15, -0.1) is 0 Å². The molecule has 27 heavy (non-hydrogen) atoms. The summed E-state index contributed by atoms with van der Waals surface area (Å²) in [6.45, 7) is 4.65. The van der Waals surface area contributed by atoms with Gasteiger partial charge in [0.15, 0.2) is 0 Å². The number of hydrogen-bond donors (Lipinski definition) is 0. The quantitative estimate of drug-likeness (QED) is 0.696. The van der Waals surface area contributed by atoms with Gasteiger partial charge in [0.25, 0.3) is 0 Å². The van der Waals surface area contributed by atoms with E-state index in [2.05, 4.69) is 22.1 Å². The van der Waals surface area contributed by atoms with Crippen molar-refractivity contribution in [2.45, 2.75) is 11.8 Å². The lowest BCUT2D eigenvalue weighted by Gasteiger charge is -2.26. The van der Waals surface area contributed by atoms with Gasteiger partial charge < -0.3 is 4.74 Å². The average Bonchev–Trinajstić information content (AvgIpc) is 2.75. The predicted octanol–water partition coefficient (Wildman–Crippen LogP) is 3.47. The molecule has 3 aromatic rings. The first-order valence-electron chi connectivity index (χ1n) is 8.94. The second-order valence-electron chi connectivity index (χ2n) is 6.44. The topological polar surface area (TPSA) is 55.3 Å². The summed E-state index contributed by atoms with van der Waals surface area (Å²) in [5.41, 5.74) is 5.04. The van der Waals surface area contributed by atoms with Crippen molar-refractivity contribution in [2.75, 3.05) is 26.3 Å². The molecule has 1 aliphatic rings. The molecular formula is C21H21N3O2S. The normalized spacial score (nSPS) is 16.2. The van der Waals surface area contributed by atoms with E-state index < -0.39 is 11.0 Å². The van der Waals surface area contributed by atoms with E-state index in [-0.39, 0.29) is 0 Å². The van der Waals surface area contributed by atoms with Gasteiger partial charge in [0, 0.05) is 37.2 Å². The number of benzene rings is 1. The Morgan fingerprint density at radius 2 is 1.63 bits per heavy atom. The Kier molecular flexibility index (Phi) is 5.38. The number of pyridine rings is 2. The molecule has 1 atom stereocenters. The standard InChI is InChI=1S/C21H21N3O2S/c1-16-2-3-18(15-21(16)27(25)24-10-12-26-13-11-24)19-6-9-23-20(14-19)17-4-7-22-8-5-17/h2-9,14-15H,10-13H2,1H3. The summed E-state index contributed by atoms with van der Waals surface area (Å²) in [5, 5.41) is 0. The summed E-state index contributed by atoms with van der Waals surface area (Å²) in [5.74, 6) is 0. The summed E-state index contributed by atoms with van der Waals surface area (Å²) in [4.78, 5) is 9.39. The lowest BCUT2D eigenvalue weighted by molar-refractivity contribution is 0.0752. The molecule has 0 radical (unpaired) electrons. The van der Waals surface area contributed by atoms with Gasteiger partial charge in [0.05, 0.1) is 23.8 Å². The van der Waals surface area contributed by atoms with Gasteiger partial charge in [-0.1, -0.05) is 12.1 Å². The predicted molar refractivity (Wildman–Crippen MR) is 106 cm³/mol. The van der Waals surface area contributed by atoms with Crippen LogP contribution in [-0.4, -0.2) is 44.8 Å². The van der Waals surface area contributed by atoms with Crippen LogP contribution in [0.4, 0.5) is 0 Å². The molecule has 0 saturated carbocycles. The number of aromatic nitrogens is 2. The molecule has 0 N–H and O–H groups in total. The van der Waals surface area contributed by atoms with Gasteiger partial charge in [-0.3, -0.25) is 9.97 Å². The molecule has 6 heteroatoms. The van der Waals surface area contributed by atoms with Crippen molar-refractivity contribution in [2.24, 2.45) is 0 Å². The molecule has 2 aromatic heterocycles. The minimum Gasteiger partial charge on any atom is -0.379 e. The van der Waals surface area contributed by atoms with Crippen LogP contribution >= 0.6 is 0 Å². The van der Waals surface area contributed by atoms with E-state index in [0.717, 1.165) is 32.8 Å². The highest BCUT2D eigenvalue weighted by molar-refractivity contribution is 7.82. The van der Waals surface area contributed by atoms with E-state index >= 15 is 0 Å². The zero-order valence-corrected chi connectivity index (χ0v) is 16.0. The maximum absolute atomic E-state index is 13.1. The second-order valence-corrected chi connectivity index (χ2v) is 7.89. The van der Waals surface area contributed by atoms with Crippen LogP contribution in [0.1, 0.15) is 5.56 Å². The van der Waals surface area contributed by atoms with Crippen molar-refractivity contribution in [1.29, 1.82) is 0 Å². The Morgan fingerprint density at radius 3 is 2.41 bits per heavy atom. The maximum Gasteiger partial charge on any atom is 0.128 e. The lowest BCUT2D eigenvalue weighted by Crippen LogP contribution is -2.37. The number of aryl methyl sites for hydroxylation is 1. The Hall–Kier alpha value is -2.41. The molecule has 138 valence electrons. The Labute approximate surface area is 161 Å². The van der Waals surface area contributed by atoms with Gasteiger partial charge in [0.1, 0.15) is 11.0 Å². The third-order valence-electron chi connectivity index (χ3n) is 4.65. The van der Waals surface area contributed by atoms with E-state index in [9.17, 15) is 4.21 Å². The second kappa shape index (κ2) is 8.08. The summed E-state index contributed by atoms with van der Waals surface area (Å²) < 4.78 is 20.4. The third-order valence-corrected chi connectivity index (χ3v) is 6.30. The van der Waals surface area contributed by atoms with Crippen LogP contribution < -0.4 is 0 Å². The molecule has 1 fully saturated rings. The minimum atomic E-state index is -1.18. The molecule has 1 aliphatic heterocycles. The number of rotatable bonds is 4. The van der Waals surface area contributed by atoms with E-state index in [1.165, 1.54) is 0 Å². The van der Waals surface area contributed by atoms with E-state index in [4.69, 9.17) is 4.74 Å². The van der Waals surface area contributed by atoms with E-state index in [0.29, 0.717) is 26.3 Å². The first-order valence-corrected chi connectivity index (χ1v) is 10.0. The summed E-state index contributed by atoms with van der Waals surface area (Å²) in [6, 6.07) is 14.1. The van der Waals surface area contributed by atoms with Crippen LogP contribution in [-0.2, 0) is 15.7 Å². The fourth-order valence-corrected chi connectivity index (χ4v) is 4.44. The van der Waals surface area contributed by atoms with E-state index in [1.54, 1.807) is 12.4 Å². The molecule has 1 aromatic carbocycles. The molecule has 0 amide bonds. The third kappa shape index (κ3) is 3.98. The molecule has 3 heterocycles. The van der Waals surface area contributed by atoms with Crippen molar-refractivity contribution < 1.29 is 8.95 Å². The molecule has 0 aliphatic carbocycles. The van der Waals surface area contributed by atoms with Crippen LogP contribution in [0.2, 0.25) is 0 Å². The number of ether oxygens (including phenoxy) is 1. The SMILES string of the molecule is Cc1ccc(-c2ccnc(-c3ccncc3)c2)cc1S(=O)N1CCOCC1. The molecule has 4 rings (SSSR count). The fraction of sp³-hybridized carbons (Fsp3) is 0.238. The Balaban J connectivity index is 1.68. The molecule has 0 spiro atoms. The minimum absolute atomic E-state index is 0.629. The zero-order valence-electron chi connectivity index (χ0n) is 15.2. The highest BCUT2D eigenvalue weighted by Crippen LogP contribution is 2.28. The van der Waals surface area contributed by atoms with Crippen LogP contribution in [0, 0.1) is 6.92 Å². The highest BCUT2D eigenvalue weighted by atomic mass is 32.2.